The monoisotopic (exact) mass is 650 g/mol. The molecule has 2 saturated heterocycles. The highest BCUT2D eigenvalue weighted by atomic mass is 16.8. The Labute approximate surface area is 271 Å². The zero-order valence-electron chi connectivity index (χ0n) is 27.6. The van der Waals surface area contributed by atoms with Gasteiger partial charge in [0.25, 0.3) is 0 Å². The van der Waals surface area contributed by atoms with Crippen LogP contribution in [0.15, 0.2) is 11.6 Å². The molecule has 3 aliphatic heterocycles. The molecule has 4 saturated carbocycles. The molecule has 11 heteroatoms. The lowest BCUT2D eigenvalue weighted by Crippen LogP contribution is -2.62. The van der Waals surface area contributed by atoms with Crippen molar-refractivity contribution in [1.29, 1.82) is 0 Å². The van der Waals surface area contributed by atoms with E-state index in [0.29, 0.717) is 24.7 Å². The molecule has 0 spiro atoms. The van der Waals surface area contributed by atoms with Crippen LogP contribution >= 0.6 is 0 Å². The van der Waals surface area contributed by atoms with Crippen LogP contribution in [0.2, 0.25) is 0 Å². The summed E-state index contributed by atoms with van der Waals surface area (Å²) in [4.78, 5) is 11.9. The van der Waals surface area contributed by atoms with Crippen LogP contribution in [-0.2, 0) is 28.5 Å². The lowest BCUT2D eigenvalue weighted by molar-refractivity contribution is -0.347. The highest BCUT2D eigenvalue weighted by Crippen LogP contribution is 2.70. The van der Waals surface area contributed by atoms with Crippen molar-refractivity contribution in [2.75, 3.05) is 6.61 Å². The van der Waals surface area contributed by atoms with E-state index in [1.165, 1.54) is 6.08 Å². The Morgan fingerprint density at radius 2 is 1.63 bits per heavy atom. The third-order valence-corrected chi connectivity index (χ3v) is 13.9. The van der Waals surface area contributed by atoms with Crippen LogP contribution in [0, 0.1) is 40.4 Å². The van der Waals surface area contributed by atoms with Crippen molar-refractivity contribution < 1.29 is 54.0 Å². The fourth-order valence-corrected chi connectivity index (χ4v) is 11.4. The molecule has 5 N–H and O–H groups in total. The van der Waals surface area contributed by atoms with Gasteiger partial charge < -0.3 is 49.2 Å². The van der Waals surface area contributed by atoms with Gasteiger partial charge in [0.1, 0.15) is 18.8 Å². The van der Waals surface area contributed by atoms with Gasteiger partial charge in [0.05, 0.1) is 30.0 Å². The highest BCUT2D eigenvalue weighted by Gasteiger charge is 2.70. The van der Waals surface area contributed by atoms with Gasteiger partial charge in [0.15, 0.2) is 18.9 Å². The number of aliphatic hydroxyl groups is 5. The van der Waals surface area contributed by atoms with Gasteiger partial charge >= 0.3 is 5.97 Å². The molecule has 3 heterocycles. The molecule has 1 unspecified atom stereocenters. The van der Waals surface area contributed by atoms with Gasteiger partial charge in [-0.3, -0.25) is 0 Å². The third-order valence-electron chi connectivity index (χ3n) is 13.9. The van der Waals surface area contributed by atoms with Crippen LogP contribution in [0.3, 0.4) is 0 Å². The SMILES string of the molecule is C[C@H]1CC(O[C@H]2CC[C@@]3(C)[C@H](CC[C@@H]4[C@@H]3CC[C@]3(C)[C@@H](C5=CC(=O)OC5)[C@@H](O)C[C@]43O)C2)O[C@H](O)[C@H]1O[C@H]1C[C@H](O)[C@H](O)[C@@H](C)O1. The third kappa shape index (κ3) is 5.31. The minimum absolute atomic E-state index is 0.0112. The Morgan fingerprint density at radius 1 is 0.870 bits per heavy atom. The van der Waals surface area contributed by atoms with E-state index in [9.17, 15) is 30.3 Å². The molecule has 17 atom stereocenters. The fourth-order valence-electron chi connectivity index (χ4n) is 11.4. The van der Waals surface area contributed by atoms with Gasteiger partial charge in [-0.25, -0.2) is 4.79 Å². The van der Waals surface area contributed by atoms with Crippen molar-refractivity contribution in [3.05, 3.63) is 11.6 Å². The lowest BCUT2D eigenvalue weighted by Gasteiger charge is -2.63. The van der Waals surface area contributed by atoms with Crippen LogP contribution in [0.4, 0.5) is 0 Å². The van der Waals surface area contributed by atoms with Crippen LogP contribution in [0.1, 0.15) is 91.9 Å². The van der Waals surface area contributed by atoms with Crippen LogP contribution in [0.5, 0.6) is 0 Å². The molecule has 11 nitrogen and oxygen atoms in total. The quantitative estimate of drug-likeness (QED) is 0.219. The van der Waals surface area contributed by atoms with E-state index in [1.807, 2.05) is 6.92 Å². The van der Waals surface area contributed by atoms with Gasteiger partial charge in [-0.15, -0.1) is 0 Å². The lowest BCUT2D eigenvalue weighted by atomic mass is 9.43. The number of carbonyl (C=O) groups excluding carboxylic acids is 1. The fraction of sp³-hybridized carbons (Fsp3) is 0.914. The number of fused-ring (bicyclic) bond motifs is 5. The van der Waals surface area contributed by atoms with E-state index in [1.54, 1.807) is 6.92 Å². The van der Waals surface area contributed by atoms with E-state index in [-0.39, 0.29) is 48.3 Å². The molecule has 0 radical (unpaired) electrons. The Balaban J connectivity index is 0.970. The maximum Gasteiger partial charge on any atom is 0.331 e. The summed E-state index contributed by atoms with van der Waals surface area (Å²) < 4.78 is 29.4. The van der Waals surface area contributed by atoms with E-state index < -0.39 is 60.4 Å². The van der Waals surface area contributed by atoms with Crippen LogP contribution in [0.25, 0.3) is 0 Å². The molecular formula is C35H54O11. The van der Waals surface area contributed by atoms with Crippen molar-refractivity contribution in [3.63, 3.8) is 0 Å². The molecule has 4 aliphatic carbocycles. The summed E-state index contributed by atoms with van der Waals surface area (Å²) in [5, 5.41) is 54.8. The number of esters is 1. The molecule has 7 aliphatic rings. The van der Waals surface area contributed by atoms with Gasteiger partial charge in [0, 0.05) is 36.7 Å². The Bertz CT molecular complexity index is 1170. The van der Waals surface area contributed by atoms with Gasteiger partial charge in [-0.1, -0.05) is 20.8 Å². The largest absolute Gasteiger partial charge is 0.458 e. The van der Waals surface area contributed by atoms with Crippen molar-refractivity contribution in [2.24, 2.45) is 40.4 Å². The second kappa shape index (κ2) is 12.0. The summed E-state index contributed by atoms with van der Waals surface area (Å²) in [5.74, 6) is 0.189. The van der Waals surface area contributed by atoms with Gasteiger partial charge in [-0.05, 0) is 86.5 Å². The summed E-state index contributed by atoms with van der Waals surface area (Å²) in [5.41, 5.74) is -0.614. The second-order valence-electron chi connectivity index (χ2n) is 16.3. The van der Waals surface area contributed by atoms with E-state index >= 15 is 0 Å². The topological polar surface area (TPSA) is 164 Å². The smallest absolute Gasteiger partial charge is 0.331 e. The van der Waals surface area contributed by atoms with Crippen molar-refractivity contribution >= 4 is 5.97 Å². The second-order valence-corrected chi connectivity index (χ2v) is 16.3. The van der Waals surface area contributed by atoms with E-state index in [0.717, 1.165) is 50.5 Å². The van der Waals surface area contributed by atoms with Crippen LogP contribution in [-0.4, -0.2) is 99.2 Å². The summed E-state index contributed by atoms with van der Waals surface area (Å²) >= 11 is 0. The molecule has 0 amide bonds. The number of ether oxygens (including phenoxy) is 5. The zero-order chi connectivity index (χ0) is 32.8. The Kier molecular flexibility index (Phi) is 8.71. The molecule has 260 valence electrons. The molecule has 0 aromatic rings. The predicted octanol–water partition coefficient (Wildman–Crippen LogP) is 2.54. The first kappa shape index (κ1) is 33.4. The average molecular weight is 651 g/mol. The first-order valence-electron chi connectivity index (χ1n) is 17.7. The maximum absolute atomic E-state index is 12.5. The standard InChI is InChI=1S/C35H54O11/c1-17-11-27(46-32(40)31(17)45-28-14-24(36)30(39)18(2)43-28)44-21-7-9-33(3)20(13-21)5-6-23-22(33)8-10-34(4)29(19-12-26(38)42-16-19)25(37)15-35(23,34)41/h12,17-18,20-25,27-32,36-37,39-41H,5-11,13-16H2,1-4H3/t17-,18+,20+,21-,22-,23+,24-,25-,27?,28-,29-,30+,31-,32-,33-,34+,35-/m0/s1. The molecular weight excluding hydrogens is 596 g/mol. The number of cyclic esters (lactones) is 1. The molecule has 0 bridgehead atoms. The maximum atomic E-state index is 12.5. The summed E-state index contributed by atoms with van der Waals surface area (Å²) in [7, 11) is 0. The Morgan fingerprint density at radius 3 is 2.33 bits per heavy atom. The summed E-state index contributed by atoms with van der Waals surface area (Å²) in [6.45, 7) is 8.41. The summed E-state index contributed by atoms with van der Waals surface area (Å²) in [6.07, 6.45) is 2.69. The first-order valence-corrected chi connectivity index (χ1v) is 17.7. The predicted molar refractivity (Wildman–Crippen MR) is 162 cm³/mol. The number of aliphatic hydroxyl groups excluding tert-OH is 4. The van der Waals surface area contributed by atoms with E-state index in [2.05, 4.69) is 13.8 Å². The molecule has 0 aromatic carbocycles. The van der Waals surface area contributed by atoms with Gasteiger partial charge in [-0.2, -0.15) is 0 Å². The van der Waals surface area contributed by atoms with Crippen molar-refractivity contribution in [1.82, 2.24) is 0 Å². The Hall–Kier alpha value is -1.15. The molecule has 7 rings (SSSR count). The van der Waals surface area contributed by atoms with E-state index in [4.69, 9.17) is 23.7 Å². The number of hydrogen-bond acceptors (Lipinski definition) is 11. The number of hydrogen-bond donors (Lipinski definition) is 5. The van der Waals surface area contributed by atoms with Crippen molar-refractivity contribution in [2.45, 2.75) is 153 Å². The molecule has 6 fully saturated rings. The molecule has 0 aromatic heterocycles. The minimum Gasteiger partial charge on any atom is -0.458 e. The highest BCUT2D eigenvalue weighted by molar-refractivity contribution is 5.85. The average Bonchev–Trinajstić information content (AvgIpc) is 3.49. The van der Waals surface area contributed by atoms with Gasteiger partial charge in [0.2, 0.25) is 0 Å². The summed E-state index contributed by atoms with van der Waals surface area (Å²) in [6, 6.07) is 0. The first-order chi connectivity index (χ1) is 21.7. The zero-order valence-corrected chi connectivity index (χ0v) is 27.6. The number of rotatable bonds is 5. The van der Waals surface area contributed by atoms with Crippen molar-refractivity contribution in [3.8, 4) is 0 Å². The van der Waals surface area contributed by atoms with Crippen LogP contribution < -0.4 is 0 Å². The normalized spacial score (nSPS) is 55.6. The minimum atomic E-state index is -1.20. The number of carbonyl (C=O) groups is 1. The molecule has 46 heavy (non-hydrogen) atoms.